The first-order chi connectivity index (χ1) is 9.99. The molecule has 1 saturated heterocycles. The molecule has 0 saturated carbocycles. The van der Waals surface area contributed by atoms with Crippen molar-refractivity contribution in [3.05, 3.63) is 29.8 Å². The van der Waals surface area contributed by atoms with E-state index in [4.69, 9.17) is 9.31 Å². The molecule has 3 rings (SSSR count). The fourth-order valence-corrected chi connectivity index (χ4v) is 3.32. The smallest absolute Gasteiger partial charge is 0.399 e. The van der Waals surface area contributed by atoms with Gasteiger partial charge >= 0.3 is 13.3 Å². The van der Waals surface area contributed by atoms with E-state index in [1.165, 1.54) is 23.5 Å². The van der Waals surface area contributed by atoms with Gasteiger partial charge < -0.3 is 9.31 Å². The van der Waals surface area contributed by atoms with E-state index in [2.05, 4.69) is 0 Å². The molecule has 7 heteroatoms. The Morgan fingerprint density at radius 3 is 2.14 bits per heavy atom. The quantitative estimate of drug-likeness (QED) is 0.730. The van der Waals surface area contributed by atoms with Crippen molar-refractivity contribution in [1.29, 1.82) is 0 Å². The van der Waals surface area contributed by atoms with Crippen molar-refractivity contribution in [2.75, 3.05) is 0 Å². The van der Waals surface area contributed by atoms with E-state index in [1.807, 2.05) is 27.7 Å². The fourth-order valence-electron chi connectivity index (χ4n) is 2.32. The summed E-state index contributed by atoms with van der Waals surface area (Å²) >= 11 is 1.40. The molecule has 1 aromatic carbocycles. The highest BCUT2D eigenvalue weighted by atomic mass is 32.1. The normalized spacial score (nSPS) is 20.8. The molecule has 0 bridgehead atoms. The summed E-state index contributed by atoms with van der Waals surface area (Å²) in [5.74, 6) is 0. The van der Waals surface area contributed by atoms with Gasteiger partial charge in [-0.1, -0.05) is 0 Å². The first kappa shape index (κ1) is 15.8. The molecular weight excluding hydrogens is 312 g/mol. The van der Waals surface area contributed by atoms with Gasteiger partial charge in [0.2, 0.25) is 0 Å². The molecule has 2 aromatic rings. The van der Waals surface area contributed by atoms with E-state index in [-0.39, 0.29) is 0 Å². The van der Waals surface area contributed by atoms with Crippen LogP contribution >= 0.6 is 11.3 Å². The number of hydrogen-bond donors (Lipinski definition) is 0. The molecule has 0 atom stereocenters. The Labute approximate surface area is 131 Å². The van der Waals surface area contributed by atoms with E-state index < -0.39 is 30.1 Å². The van der Waals surface area contributed by atoms with Crippen LogP contribution in [0.15, 0.2) is 24.3 Å². The van der Waals surface area contributed by atoms with Gasteiger partial charge in [-0.05, 0) is 57.3 Å². The SMILES string of the molecule is CC1(C)OB(c2cc3cc(C(F)(F)F)ccc3s2)OC1(C)C. The molecule has 118 valence electrons. The van der Waals surface area contributed by atoms with Gasteiger partial charge in [-0.15, -0.1) is 11.3 Å². The summed E-state index contributed by atoms with van der Waals surface area (Å²) in [4.78, 5) is 0. The lowest BCUT2D eigenvalue weighted by atomic mass is 9.87. The average Bonchev–Trinajstić information content (AvgIpc) is 2.86. The van der Waals surface area contributed by atoms with E-state index >= 15 is 0 Å². The van der Waals surface area contributed by atoms with Gasteiger partial charge in [-0.3, -0.25) is 0 Å². The molecule has 2 heterocycles. The minimum absolute atomic E-state index is 0.467. The van der Waals surface area contributed by atoms with Gasteiger partial charge in [-0.25, -0.2) is 0 Å². The molecule has 1 aliphatic heterocycles. The highest BCUT2D eigenvalue weighted by molar-refractivity contribution is 7.28. The number of rotatable bonds is 1. The van der Waals surface area contributed by atoms with E-state index in [1.54, 1.807) is 6.07 Å². The third kappa shape index (κ3) is 2.55. The molecule has 0 aliphatic carbocycles. The van der Waals surface area contributed by atoms with Gasteiger partial charge in [0.05, 0.1) is 16.8 Å². The van der Waals surface area contributed by atoms with Crippen molar-refractivity contribution in [1.82, 2.24) is 0 Å². The number of thiophene rings is 1. The number of halogens is 3. The topological polar surface area (TPSA) is 18.5 Å². The first-order valence-electron chi connectivity index (χ1n) is 6.96. The van der Waals surface area contributed by atoms with E-state index in [9.17, 15) is 13.2 Å². The van der Waals surface area contributed by atoms with Crippen LogP contribution in [-0.2, 0) is 15.5 Å². The van der Waals surface area contributed by atoms with Crippen molar-refractivity contribution in [2.24, 2.45) is 0 Å². The lowest BCUT2D eigenvalue weighted by molar-refractivity contribution is -0.137. The molecule has 1 aliphatic rings. The minimum atomic E-state index is -4.33. The Morgan fingerprint density at radius 2 is 1.59 bits per heavy atom. The number of alkyl halides is 3. The first-order valence-corrected chi connectivity index (χ1v) is 7.78. The largest absolute Gasteiger partial charge is 0.505 e. The van der Waals surface area contributed by atoms with Gasteiger partial charge in [0, 0.05) is 9.48 Å². The zero-order chi connectivity index (χ0) is 16.3. The van der Waals surface area contributed by atoms with E-state index in [0.29, 0.717) is 5.39 Å². The number of benzene rings is 1. The molecule has 22 heavy (non-hydrogen) atoms. The lowest BCUT2D eigenvalue weighted by Gasteiger charge is -2.32. The number of hydrogen-bond acceptors (Lipinski definition) is 3. The summed E-state index contributed by atoms with van der Waals surface area (Å²) in [7, 11) is -0.545. The van der Waals surface area contributed by atoms with Gasteiger partial charge in [-0.2, -0.15) is 13.2 Å². The molecule has 0 amide bonds. The van der Waals surface area contributed by atoms with Crippen LogP contribution in [0, 0.1) is 0 Å². The molecule has 0 N–H and O–H groups in total. The van der Waals surface area contributed by atoms with Crippen molar-refractivity contribution in [3.63, 3.8) is 0 Å². The Bertz CT molecular complexity index is 705. The van der Waals surface area contributed by atoms with Crippen LogP contribution in [0.25, 0.3) is 10.1 Å². The predicted molar refractivity (Wildman–Crippen MR) is 82.5 cm³/mol. The highest BCUT2D eigenvalue weighted by Crippen LogP contribution is 2.38. The minimum Gasteiger partial charge on any atom is -0.399 e. The summed E-state index contributed by atoms with van der Waals surface area (Å²) in [5.41, 5.74) is -1.58. The van der Waals surface area contributed by atoms with Crippen LogP contribution in [0.5, 0.6) is 0 Å². The average molecular weight is 328 g/mol. The maximum absolute atomic E-state index is 12.8. The van der Waals surface area contributed by atoms with Gasteiger partial charge in [0.15, 0.2) is 0 Å². The zero-order valence-electron chi connectivity index (χ0n) is 12.7. The van der Waals surface area contributed by atoms with Crippen LogP contribution in [-0.4, -0.2) is 18.3 Å². The second kappa shape index (κ2) is 4.72. The second-order valence-electron chi connectivity index (χ2n) is 6.49. The Morgan fingerprint density at radius 1 is 1.00 bits per heavy atom. The monoisotopic (exact) mass is 328 g/mol. The van der Waals surface area contributed by atoms with Crippen LogP contribution in [0.2, 0.25) is 0 Å². The molecule has 0 unspecified atom stereocenters. The maximum Gasteiger partial charge on any atom is 0.505 e. The summed E-state index contributed by atoms with van der Waals surface area (Å²) < 4.78 is 51.8. The fraction of sp³-hybridized carbons (Fsp3) is 0.467. The standard InChI is InChI=1S/C15H16BF3O2S/c1-13(2)14(3,4)21-16(20-13)12-8-9-7-10(15(17,18)19)5-6-11(9)22-12/h5-8H,1-4H3. The molecule has 0 radical (unpaired) electrons. The molecular formula is C15H16BF3O2S. The second-order valence-corrected chi connectivity index (χ2v) is 7.60. The molecule has 1 fully saturated rings. The van der Waals surface area contributed by atoms with Crippen molar-refractivity contribution in [2.45, 2.75) is 45.1 Å². The van der Waals surface area contributed by atoms with Crippen LogP contribution in [0.3, 0.4) is 0 Å². The van der Waals surface area contributed by atoms with Crippen molar-refractivity contribution < 1.29 is 22.5 Å². The van der Waals surface area contributed by atoms with Crippen LogP contribution in [0.1, 0.15) is 33.3 Å². The molecule has 0 spiro atoms. The third-order valence-electron chi connectivity index (χ3n) is 4.35. The van der Waals surface area contributed by atoms with Gasteiger partial charge in [0.25, 0.3) is 0 Å². The van der Waals surface area contributed by atoms with Gasteiger partial charge in [0.1, 0.15) is 0 Å². The highest BCUT2D eigenvalue weighted by Gasteiger charge is 2.52. The summed E-state index contributed by atoms with van der Waals surface area (Å²) in [6.07, 6.45) is -4.33. The zero-order valence-corrected chi connectivity index (χ0v) is 13.6. The Balaban J connectivity index is 1.97. The van der Waals surface area contributed by atoms with Crippen LogP contribution in [0.4, 0.5) is 13.2 Å². The third-order valence-corrected chi connectivity index (χ3v) is 5.49. The summed E-state index contributed by atoms with van der Waals surface area (Å²) in [5, 5.41) is 0.560. The predicted octanol–water partition coefficient (Wildman–Crippen LogP) is 4.22. The molecule has 1 aromatic heterocycles. The summed E-state index contributed by atoms with van der Waals surface area (Å²) in [6, 6.07) is 5.49. The lowest BCUT2D eigenvalue weighted by Crippen LogP contribution is -2.41. The van der Waals surface area contributed by atoms with E-state index in [0.717, 1.165) is 15.5 Å². The van der Waals surface area contributed by atoms with Crippen molar-refractivity contribution in [3.8, 4) is 0 Å². The Kier molecular flexibility index (Phi) is 3.40. The summed E-state index contributed by atoms with van der Waals surface area (Å²) in [6.45, 7) is 7.79. The van der Waals surface area contributed by atoms with Crippen LogP contribution < -0.4 is 4.78 Å². The van der Waals surface area contributed by atoms with Crippen molar-refractivity contribution >= 4 is 33.3 Å². The number of fused-ring (bicyclic) bond motifs is 1. The Hall–Kier alpha value is -1.05. The molecule has 2 nitrogen and oxygen atoms in total. The maximum atomic E-state index is 12.8.